The molecule has 1 N–H and O–H groups in total. The Hall–Kier alpha value is -0.160. The van der Waals surface area contributed by atoms with Gasteiger partial charge >= 0.3 is 0 Å². The molecule has 4 nitrogen and oxygen atoms in total. The van der Waals surface area contributed by atoms with Crippen LogP contribution in [0.2, 0.25) is 0 Å². The highest BCUT2D eigenvalue weighted by molar-refractivity contribution is 4.80. The molecule has 0 saturated carbocycles. The van der Waals surface area contributed by atoms with Crippen molar-refractivity contribution in [2.75, 3.05) is 45.9 Å². The Morgan fingerprint density at radius 1 is 1.27 bits per heavy atom. The van der Waals surface area contributed by atoms with E-state index in [-0.39, 0.29) is 6.10 Å². The quantitative estimate of drug-likeness (QED) is 0.704. The van der Waals surface area contributed by atoms with Crippen LogP contribution in [0.3, 0.4) is 0 Å². The molecule has 2 atom stereocenters. The van der Waals surface area contributed by atoms with Crippen LogP contribution in [0.15, 0.2) is 0 Å². The van der Waals surface area contributed by atoms with Gasteiger partial charge in [-0.25, -0.2) is 0 Å². The zero-order valence-electron chi connectivity index (χ0n) is 9.56. The number of β-amino-alcohol motifs (C(OH)–C–C–N with tert-alkyl or cyclic N) is 1. The highest BCUT2D eigenvalue weighted by atomic mass is 16.5. The summed E-state index contributed by atoms with van der Waals surface area (Å²) in [6.07, 6.45) is 1.14. The molecule has 2 aliphatic heterocycles. The minimum absolute atomic E-state index is 0.115. The van der Waals surface area contributed by atoms with Gasteiger partial charge < -0.3 is 9.84 Å². The molecule has 0 aromatic rings. The largest absolute Gasteiger partial charge is 0.392 e. The van der Waals surface area contributed by atoms with Gasteiger partial charge in [0.15, 0.2) is 0 Å². The fraction of sp³-hybridized carbons (Fsp3) is 1.00. The Morgan fingerprint density at radius 3 is 2.80 bits per heavy atom. The molecule has 88 valence electrons. The van der Waals surface area contributed by atoms with E-state index in [0.29, 0.717) is 6.10 Å². The molecule has 0 aromatic heterocycles. The number of aliphatic hydroxyl groups is 1. The predicted molar refractivity (Wildman–Crippen MR) is 58.9 cm³/mol. The molecule has 0 aliphatic carbocycles. The Morgan fingerprint density at radius 2 is 2.13 bits per heavy atom. The Balaban J connectivity index is 1.74. The second-order valence-corrected chi connectivity index (χ2v) is 4.59. The molecule has 2 rings (SSSR count). The molecule has 2 saturated heterocycles. The Bertz CT molecular complexity index is 201. The topological polar surface area (TPSA) is 35.9 Å². The number of morpholine rings is 1. The van der Waals surface area contributed by atoms with Gasteiger partial charge in [-0.05, 0) is 13.0 Å². The standard InChI is InChI=1S/C11H22N2O2/c1-2-12-5-6-15-11(8-12)9-13-4-3-10(14)7-13/h10-11,14H,2-9H2,1H3. The molecular formula is C11H22N2O2. The number of rotatable bonds is 3. The summed E-state index contributed by atoms with van der Waals surface area (Å²) in [5.41, 5.74) is 0. The van der Waals surface area contributed by atoms with Crippen LogP contribution < -0.4 is 0 Å². The van der Waals surface area contributed by atoms with Gasteiger partial charge in [0.25, 0.3) is 0 Å². The second-order valence-electron chi connectivity index (χ2n) is 4.59. The van der Waals surface area contributed by atoms with Crippen molar-refractivity contribution < 1.29 is 9.84 Å². The molecule has 0 aromatic carbocycles. The third-order valence-corrected chi connectivity index (χ3v) is 3.38. The van der Waals surface area contributed by atoms with E-state index < -0.39 is 0 Å². The number of likely N-dealkylation sites (tertiary alicyclic amines) is 1. The van der Waals surface area contributed by atoms with E-state index in [1.165, 1.54) is 0 Å². The maximum absolute atomic E-state index is 9.43. The zero-order chi connectivity index (χ0) is 10.7. The van der Waals surface area contributed by atoms with Crippen molar-refractivity contribution >= 4 is 0 Å². The van der Waals surface area contributed by atoms with Crippen molar-refractivity contribution in [3.8, 4) is 0 Å². The van der Waals surface area contributed by atoms with Crippen molar-refractivity contribution in [2.45, 2.75) is 25.6 Å². The smallest absolute Gasteiger partial charge is 0.0829 e. The number of aliphatic hydroxyl groups excluding tert-OH is 1. The van der Waals surface area contributed by atoms with Crippen molar-refractivity contribution in [3.63, 3.8) is 0 Å². The summed E-state index contributed by atoms with van der Waals surface area (Å²) < 4.78 is 5.74. The maximum atomic E-state index is 9.43. The van der Waals surface area contributed by atoms with Gasteiger partial charge in [0.1, 0.15) is 0 Å². The normalized spacial score (nSPS) is 34.8. The van der Waals surface area contributed by atoms with Crippen molar-refractivity contribution in [2.24, 2.45) is 0 Å². The lowest BCUT2D eigenvalue weighted by molar-refractivity contribution is -0.0401. The SMILES string of the molecule is CCN1CCOC(CN2CCC(O)C2)C1. The van der Waals surface area contributed by atoms with Crippen LogP contribution in [-0.4, -0.2) is 73.0 Å². The summed E-state index contributed by atoms with van der Waals surface area (Å²) in [5.74, 6) is 0. The van der Waals surface area contributed by atoms with Gasteiger partial charge in [-0.1, -0.05) is 6.92 Å². The number of nitrogens with zero attached hydrogens (tertiary/aromatic N) is 2. The first-order valence-electron chi connectivity index (χ1n) is 6.02. The molecule has 0 amide bonds. The van der Waals surface area contributed by atoms with Gasteiger partial charge in [-0.2, -0.15) is 0 Å². The minimum Gasteiger partial charge on any atom is -0.392 e. The first-order chi connectivity index (χ1) is 7.28. The van der Waals surface area contributed by atoms with Crippen LogP contribution in [0.5, 0.6) is 0 Å². The fourth-order valence-electron chi connectivity index (χ4n) is 2.44. The Kier molecular flexibility index (Phi) is 3.97. The summed E-state index contributed by atoms with van der Waals surface area (Å²) in [4.78, 5) is 4.75. The predicted octanol–water partition coefficient (Wildman–Crippen LogP) is -0.226. The first kappa shape index (κ1) is 11.3. The highest BCUT2D eigenvalue weighted by Gasteiger charge is 2.26. The number of hydrogen-bond donors (Lipinski definition) is 1. The minimum atomic E-state index is -0.115. The second kappa shape index (κ2) is 5.25. The number of hydrogen-bond acceptors (Lipinski definition) is 4. The number of likely N-dealkylation sites (N-methyl/N-ethyl adjacent to an activating group) is 1. The number of ether oxygens (including phenoxy) is 1. The van der Waals surface area contributed by atoms with E-state index >= 15 is 0 Å². The van der Waals surface area contributed by atoms with Crippen LogP contribution in [-0.2, 0) is 4.74 Å². The molecule has 0 bridgehead atoms. The van der Waals surface area contributed by atoms with E-state index in [4.69, 9.17) is 4.74 Å². The van der Waals surface area contributed by atoms with Gasteiger partial charge in [0.05, 0.1) is 18.8 Å². The molecule has 2 fully saturated rings. The Labute approximate surface area is 91.8 Å². The summed E-state index contributed by atoms with van der Waals surface area (Å²) in [7, 11) is 0. The summed E-state index contributed by atoms with van der Waals surface area (Å²) in [6.45, 7) is 9.10. The first-order valence-corrected chi connectivity index (χ1v) is 6.02. The molecule has 2 unspecified atom stereocenters. The molecule has 0 radical (unpaired) electrons. The van der Waals surface area contributed by atoms with E-state index in [1.54, 1.807) is 0 Å². The van der Waals surface area contributed by atoms with Crippen molar-refractivity contribution in [3.05, 3.63) is 0 Å². The van der Waals surface area contributed by atoms with Gasteiger partial charge in [-0.3, -0.25) is 9.80 Å². The summed E-state index contributed by atoms with van der Waals surface area (Å²) in [6, 6.07) is 0. The van der Waals surface area contributed by atoms with Crippen LogP contribution in [0.25, 0.3) is 0 Å². The third-order valence-electron chi connectivity index (χ3n) is 3.38. The van der Waals surface area contributed by atoms with Gasteiger partial charge in [0.2, 0.25) is 0 Å². The van der Waals surface area contributed by atoms with Gasteiger partial charge in [-0.15, -0.1) is 0 Å². The fourth-order valence-corrected chi connectivity index (χ4v) is 2.44. The molecule has 0 spiro atoms. The van der Waals surface area contributed by atoms with E-state index in [2.05, 4.69) is 16.7 Å². The lowest BCUT2D eigenvalue weighted by Gasteiger charge is -2.34. The maximum Gasteiger partial charge on any atom is 0.0829 e. The van der Waals surface area contributed by atoms with E-state index in [9.17, 15) is 5.11 Å². The lowest BCUT2D eigenvalue weighted by atomic mass is 10.2. The van der Waals surface area contributed by atoms with Crippen LogP contribution in [0.4, 0.5) is 0 Å². The van der Waals surface area contributed by atoms with Crippen LogP contribution in [0.1, 0.15) is 13.3 Å². The molecular weight excluding hydrogens is 192 g/mol. The monoisotopic (exact) mass is 214 g/mol. The van der Waals surface area contributed by atoms with E-state index in [1.807, 2.05) is 0 Å². The average Bonchev–Trinajstić information content (AvgIpc) is 2.64. The highest BCUT2D eigenvalue weighted by Crippen LogP contribution is 2.12. The lowest BCUT2D eigenvalue weighted by Crippen LogP contribution is -2.47. The van der Waals surface area contributed by atoms with E-state index in [0.717, 1.165) is 52.3 Å². The average molecular weight is 214 g/mol. The summed E-state index contributed by atoms with van der Waals surface area (Å²) >= 11 is 0. The van der Waals surface area contributed by atoms with Crippen LogP contribution >= 0.6 is 0 Å². The van der Waals surface area contributed by atoms with Gasteiger partial charge in [0, 0.05) is 32.7 Å². The molecule has 2 aliphatic rings. The molecule has 2 heterocycles. The third kappa shape index (κ3) is 3.14. The van der Waals surface area contributed by atoms with Crippen molar-refractivity contribution in [1.82, 2.24) is 9.80 Å². The summed E-state index contributed by atoms with van der Waals surface area (Å²) in [5, 5.41) is 9.43. The molecule has 15 heavy (non-hydrogen) atoms. The molecule has 4 heteroatoms. The zero-order valence-corrected chi connectivity index (χ0v) is 9.56. The van der Waals surface area contributed by atoms with Crippen molar-refractivity contribution in [1.29, 1.82) is 0 Å². The van der Waals surface area contributed by atoms with Crippen LogP contribution in [0, 0.1) is 0 Å².